The maximum absolute atomic E-state index is 10.9. The van der Waals surface area contributed by atoms with E-state index in [-0.39, 0.29) is 5.56 Å². The minimum absolute atomic E-state index is 0.285. The second-order valence-electron chi connectivity index (χ2n) is 4.18. The van der Waals surface area contributed by atoms with Crippen LogP contribution in [0.25, 0.3) is 0 Å². The fourth-order valence-electron chi connectivity index (χ4n) is 1.69. The second kappa shape index (κ2) is 4.91. The third kappa shape index (κ3) is 2.51. The third-order valence-corrected chi connectivity index (χ3v) is 2.86. The van der Waals surface area contributed by atoms with Crippen molar-refractivity contribution in [2.45, 2.75) is 13.5 Å². The average molecular weight is 245 g/mol. The van der Waals surface area contributed by atoms with Crippen LogP contribution >= 0.6 is 0 Å². The van der Waals surface area contributed by atoms with Crippen LogP contribution in [0.1, 0.15) is 21.6 Å². The molecule has 0 spiro atoms. The van der Waals surface area contributed by atoms with Gasteiger partial charge in [-0.15, -0.1) is 0 Å². The maximum atomic E-state index is 10.9. The lowest BCUT2D eigenvalue weighted by Gasteiger charge is -2.10. The van der Waals surface area contributed by atoms with Crippen LogP contribution in [0.5, 0.6) is 0 Å². The lowest BCUT2D eigenvalue weighted by atomic mass is 10.1. The van der Waals surface area contributed by atoms with Crippen LogP contribution in [0, 0.1) is 6.92 Å². The smallest absolute Gasteiger partial charge is 0.335 e. The number of anilines is 1. The van der Waals surface area contributed by atoms with Crippen molar-refractivity contribution in [3.8, 4) is 0 Å². The second-order valence-corrected chi connectivity index (χ2v) is 4.18. The van der Waals surface area contributed by atoms with E-state index in [0.29, 0.717) is 6.54 Å². The maximum Gasteiger partial charge on any atom is 0.335 e. The first-order valence-corrected chi connectivity index (χ1v) is 5.61. The molecule has 0 unspecified atom stereocenters. The molecule has 0 amide bonds. The van der Waals surface area contributed by atoms with Gasteiger partial charge in [0.1, 0.15) is 0 Å². The van der Waals surface area contributed by atoms with Gasteiger partial charge in [-0.2, -0.15) is 0 Å². The predicted molar refractivity (Wildman–Crippen MR) is 68.7 cm³/mol. The lowest BCUT2D eigenvalue weighted by molar-refractivity contribution is 0.0697. The molecule has 1 heterocycles. The zero-order valence-corrected chi connectivity index (χ0v) is 10.3. The van der Waals surface area contributed by atoms with Gasteiger partial charge in [0.15, 0.2) is 0 Å². The van der Waals surface area contributed by atoms with Crippen LogP contribution in [-0.4, -0.2) is 20.6 Å². The molecule has 5 nitrogen and oxygen atoms in total. The monoisotopic (exact) mass is 245 g/mol. The van der Waals surface area contributed by atoms with Gasteiger partial charge in [0.2, 0.25) is 0 Å². The average Bonchev–Trinajstić information content (AvgIpc) is 2.73. The van der Waals surface area contributed by atoms with Crippen LogP contribution in [0.2, 0.25) is 0 Å². The van der Waals surface area contributed by atoms with E-state index in [0.717, 1.165) is 16.9 Å². The molecule has 0 saturated carbocycles. The topological polar surface area (TPSA) is 67.2 Å². The molecule has 0 aliphatic rings. The van der Waals surface area contributed by atoms with E-state index in [1.165, 1.54) is 0 Å². The Bertz CT molecular complexity index is 575. The largest absolute Gasteiger partial charge is 0.478 e. The molecule has 94 valence electrons. The zero-order valence-electron chi connectivity index (χ0n) is 10.3. The van der Waals surface area contributed by atoms with Gasteiger partial charge in [-0.25, -0.2) is 9.78 Å². The molecule has 18 heavy (non-hydrogen) atoms. The molecule has 1 aromatic carbocycles. The first kappa shape index (κ1) is 12.2. The Morgan fingerprint density at radius 3 is 2.89 bits per heavy atom. The van der Waals surface area contributed by atoms with Crippen LogP contribution in [0.3, 0.4) is 0 Å². The Morgan fingerprint density at radius 2 is 2.28 bits per heavy atom. The number of benzene rings is 1. The number of nitrogens with zero attached hydrogens (tertiary/aromatic N) is 2. The van der Waals surface area contributed by atoms with E-state index in [2.05, 4.69) is 10.3 Å². The van der Waals surface area contributed by atoms with Gasteiger partial charge in [0.05, 0.1) is 24.1 Å². The molecule has 0 atom stereocenters. The highest BCUT2D eigenvalue weighted by Crippen LogP contribution is 2.17. The van der Waals surface area contributed by atoms with Gasteiger partial charge in [0, 0.05) is 18.9 Å². The van der Waals surface area contributed by atoms with E-state index >= 15 is 0 Å². The fraction of sp³-hybridized carbons (Fsp3) is 0.231. The number of carboxylic acid groups (broad SMARTS) is 1. The summed E-state index contributed by atoms with van der Waals surface area (Å²) >= 11 is 0. The Morgan fingerprint density at radius 1 is 1.50 bits per heavy atom. The van der Waals surface area contributed by atoms with E-state index in [1.54, 1.807) is 30.7 Å². The first-order valence-electron chi connectivity index (χ1n) is 5.61. The molecular weight excluding hydrogens is 230 g/mol. The predicted octanol–water partition coefficient (Wildman–Crippen LogP) is 2.04. The Hall–Kier alpha value is -2.30. The summed E-state index contributed by atoms with van der Waals surface area (Å²) in [5.74, 6) is -0.918. The van der Waals surface area contributed by atoms with Gasteiger partial charge >= 0.3 is 5.97 Å². The highest BCUT2D eigenvalue weighted by Gasteiger charge is 2.06. The van der Waals surface area contributed by atoms with Crippen LogP contribution < -0.4 is 5.32 Å². The van der Waals surface area contributed by atoms with Crippen molar-refractivity contribution in [2.75, 3.05) is 5.32 Å². The quantitative estimate of drug-likeness (QED) is 0.865. The number of aryl methyl sites for hydroxylation is 2. The molecule has 0 bridgehead atoms. The minimum Gasteiger partial charge on any atom is -0.478 e. The van der Waals surface area contributed by atoms with Gasteiger partial charge in [-0.05, 0) is 24.6 Å². The first-order chi connectivity index (χ1) is 8.58. The van der Waals surface area contributed by atoms with E-state index in [4.69, 9.17) is 5.11 Å². The van der Waals surface area contributed by atoms with E-state index in [9.17, 15) is 4.79 Å². The summed E-state index contributed by atoms with van der Waals surface area (Å²) in [5, 5.41) is 12.2. The van der Waals surface area contributed by atoms with Gasteiger partial charge in [-0.3, -0.25) is 0 Å². The molecule has 0 aliphatic carbocycles. The fourth-order valence-corrected chi connectivity index (χ4v) is 1.69. The molecule has 0 radical (unpaired) electrons. The van der Waals surface area contributed by atoms with Crippen LogP contribution in [0.4, 0.5) is 5.69 Å². The number of nitrogens with one attached hydrogen (secondary N) is 1. The highest BCUT2D eigenvalue weighted by atomic mass is 16.4. The Kier molecular flexibility index (Phi) is 3.32. The summed E-state index contributed by atoms with van der Waals surface area (Å²) in [5.41, 5.74) is 3.17. The van der Waals surface area contributed by atoms with Crippen LogP contribution in [0.15, 0.2) is 30.7 Å². The molecular formula is C13H15N3O2. The van der Waals surface area contributed by atoms with Crippen molar-refractivity contribution >= 4 is 11.7 Å². The van der Waals surface area contributed by atoms with Crippen molar-refractivity contribution in [1.29, 1.82) is 0 Å². The number of carbonyl (C=O) groups is 1. The molecule has 2 N–H and O–H groups in total. The highest BCUT2D eigenvalue weighted by molar-refractivity contribution is 5.89. The summed E-state index contributed by atoms with van der Waals surface area (Å²) in [6.07, 6.45) is 3.51. The lowest BCUT2D eigenvalue weighted by Crippen LogP contribution is -2.06. The van der Waals surface area contributed by atoms with E-state index < -0.39 is 5.97 Å². The standard InChI is InChI=1S/C13H15N3O2/c1-9-3-4-10(13(17)18)5-12(9)15-7-11-6-14-8-16(11)2/h3-6,8,15H,7H2,1-2H3,(H,17,18). The third-order valence-electron chi connectivity index (χ3n) is 2.86. The molecule has 0 fully saturated rings. The summed E-state index contributed by atoms with van der Waals surface area (Å²) < 4.78 is 1.92. The summed E-state index contributed by atoms with van der Waals surface area (Å²) in [4.78, 5) is 14.9. The van der Waals surface area contributed by atoms with Crippen molar-refractivity contribution in [1.82, 2.24) is 9.55 Å². The van der Waals surface area contributed by atoms with Gasteiger partial charge in [-0.1, -0.05) is 6.07 Å². The number of rotatable bonds is 4. The molecule has 5 heteroatoms. The number of hydrogen-bond acceptors (Lipinski definition) is 3. The van der Waals surface area contributed by atoms with E-state index in [1.807, 2.05) is 18.5 Å². The SMILES string of the molecule is Cc1ccc(C(=O)O)cc1NCc1cncn1C. The summed E-state index contributed by atoms with van der Waals surface area (Å²) in [6.45, 7) is 2.55. The number of carboxylic acids is 1. The molecule has 2 rings (SSSR count). The van der Waals surface area contributed by atoms with Crippen molar-refractivity contribution in [2.24, 2.45) is 7.05 Å². The van der Waals surface area contributed by atoms with Crippen LogP contribution in [-0.2, 0) is 13.6 Å². The van der Waals surface area contributed by atoms with Crippen molar-refractivity contribution in [3.05, 3.63) is 47.5 Å². The molecule has 2 aromatic rings. The zero-order chi connectivity index (χ0) is 13.1. The number of hydrogen-bond donors (Lipinski definition) is 2. The Balaban J connectivity index is 2.16. The summed E-state index contributed by atoms with van der Waals surface area (Å²) in [7, 11) is 1.92. The molecule has 1 aromatic heterocycles. The minimum atomic E-state index is -0.918. The van der Waals surface area contributed by atoms with Crippen molar-refractivity contribution in [3.63, 3.8) is 0 Å². The Labute approximate surface area is 105 Å². The van der Waals surface area contributed by atoms with Gasteiger partial charge < -0.3 is 15.0 Å². The molecule has 0 aliphatic heterocycles. The number of aromatic nitrogens is 2. The number of imidazole rings is 1. The van der Waals surface area contributed by atoms with Crippen molar-refractivity contribution < 1.29 is 9.90 Å². The van der Waals surface area contributed by atoms with Gasteiger partial charge in [0.25, 0.3) is 0 Å². The molecule has 0 saturated heterocycles. The normalized spacial score (nSPS) is 10.3. The summed E-state index contributed by atoms with van der Waals surface area (Å²) in [6, 6.07) is 5.05. The number of aromatic carboxylic acids is 1.